The molecule has 1 nitrogen and oxygen atoms in total. The SMILES string of the molecule is CCNC1c2ccccc2CC1Sc1ccc(C)cc1C. The number of benzene rings is 2. The van der Waals surface area contributed by atoms with E-state index in [2.05, 4.69) is 68.6 Å². The number of hydrogen-bond acceptors (Lipinski definition) is 2. The Morgan fingerprint density at radius 3 is 2.71 bits per heavy atom. The molecule has 2 aromatic carbocycles. The van der Waals surface area contributed by atoms with Crippen LogP contribution in [0.3, 0.4) is 0 Å². The zero-order chi connectivity index (χ0) is 14.8. The van der Waals surface area contributed by atoms with Crippen LogP contribution in [0.15, 0.2) is 47.4 Å². The van der Waals surface area contributed by atoms with Gasteiger partial charge in [-0.05, 0) is 49.6 Å². The molecule has 0 saturated carbocycles. The van der Waals surface area contributed by atoms with Gasteiger partial charge in [-0.25, -0.2) is 0 Å². The summed E-state index contributed by atoms with van der Waals surface area (Å²) in [5, 5.41) is 4.27. The predicted octanol–water partition coefficient (Wildman–Crippen LogP) is 4.67. The fourth-order valence-electron chi connectivity index (χ4n) is 3.22. The van der Waals surface area contributed by atoms with E-state index in [0.29, 0.717) is 11.3 Å². The van der Waals surface area contributed by atoms with Crippen LogP contribution in [0.5, 0.6) is 0 Å². The minimum Gasteiger partial charge on any atom is -0.309 e. The first kappa shape index (κ1) is 14.7. The number of hydrogen-bond donors (Lipinski definition) is 1. The Bertz CT molecular complexity index is 635. The summed E-state index contributed by atoms with van der Waals surface area (Å²) in [5.74, 6) is 0. The van der Waals surface area contributed by atoms with E-state index >= 15 is 0 Å². The fourth-order valence-corrected chi connectivity index (χ4v) is 4.58. The Kier molecular flexibility index (Phi) is 4.37. The number of aryl methyl sites for hydroxylation is 2. The molecule has 0 fully saturated rings. The average Bonchev–Trinajstić information content (AvgIpc) is 2.81. The van der Waals surface area contributed by atoms with E-state index in [9.17, 15) is 0 Å². The van der Waals surface area contributed by atoms with Gasteiger partial charge in [0.05, 0.1) is 0 Å². The maximum atomic E-state index is 3.68. The molecular formula is C19H23NS. The molecule has 0 aromatic heterocycles. The molecule has 0 amide bonds. The summed E-state index contributed by atoms with van der Waals surface area (Å²) in [7, 11) is 0. The van der Waals surface area contributed by atoms with Gasteiger partial charge < -0.3 is 5.32 Å². The average molecular weight is 297 g/mol. The molecule has 0 bridgehead atoms. The summed E-state index contributed by atoms with van der Waals surface area (Å²) >= 11 is 2.03. The molecule has 1 aliphatic carbocycles. The molecule has 3 rings (SSSR count). The van der Waals surface area contributed by atoms with Crippen LogP contribution in [-0.2, 0) is 6.42 Å². The molecule has 0 saturated heterocycles. The van der Waals surface area contributed by atoms with Crippen molar-refractivity contribution in [3.8, 4) is 0 Å². The molecule has 0 spiro atoms. The lowest BCUT2D eigenvalue weighted by atomic mass is 10.1. The quantitative estimate of drug-likeness (QED) is 0.880. The number of thioether (sulfide) groups is 1. The van der Waals surface area contributed by atoms with Crippen molar-refractivity contribution in [2.24, 2.45) is 0 Å². The van der Waals surface area contributed by atoms with Crippen LogP contribution in [0.1, 0.15) is 35.2 Å². The number of rotatable bonds is 4. The van der Waals surface area contributed by atoms with Crippen molar-refractivity contribution < 1.29 is 0 Å². The first-order chi connectivity index (χ1) is 10.2. The summed E-state index contributed by atoms with van der Waals surface area (Å²) < 4.78 is 0. The van der Waals surface area contributed by atoms with Gasteiger partial charge in [-0.1, -0.05) is 48.9 Å². The van der Waals surface area contributed by atoms with E-state index in [4.69, 9.17) is 0 Å². The fraction of sp³-hybridized carbons (Fsp3) is 0.368. The van der Waals surface area contributed by atoms with Gasteiger partial charge in [-0.2, -0.15) is 0 Å². The van der Waals surface area contributed by atoms with Gasteiger partial charge in [0.15, 0.2) is 0 Å². The van der Waals surface area contributed by atoms with Crippen molar-refractivity contribution in [3.05, 3.63) is 64.7 Å². The minimum absolute atomic E-state index is 0.469. The van der Waals surface area contributed by atoms with E-state index in [1.54, 1.807) is 0 Å². The third kappa shape index (κ3) is 3.02. The van der Waals surface area contributed by atoms with Crippen LogP contribution in [-0.4, -0.2) is 11.8 Å². The molecular weight excluding hydrogens is 274 g/mol. The summed E-state index contributed by atoms with van der Waals surface area (Å²) in [6, 6.07) is 16.1. The molecule has 2 aromatic rings. The van der Waals surface area contributed by atoms with E-state index < -0.39 is 0 Å². The number of nitrogens with one attached hydrogen (secondary N) is 1. The van der Waals surface area contributed by atoms with Crippen LogP contribution in [0.4, 0.5) is 0 Å². The highest BCUT2D eigenvalue weighted by Gasteiger charge is 2.32. The molecule has 1 N–H and O–H groups in total. The normalized spacial score (nSPS) is 20.5. The zero-order valence-electron chi connectivity index (χ0n) is 13.0. The van der Waals surface area contributed by atoms with E-state index in [1.165, 1.54) is 27.1 Å². The minimum atomic E-state index is 0.469. The molecule has 1 aliphatic rings. The van der Waals surface area contributed by atoms with Gasteiger partial charge in [0.25, 0.3) is 0 Å². The molecule has 2 heteroatoms. The lowest BCUT2D eigenvalue weighted by Gasteiger charge is -2.22. The lowest BCUT2D eigenvalue weighted by Crippen LogP contribution is -2.26. The molecule has 110 valence electrons. The van der Waals surface area contributed by atoms with Gasteiger partial charge >= 0.3 is 0 Å². The Labute approximate surface area is 132 Å². The van der Waals surface area contributed by atoms with Crippen LogP contribution >= 0.6 is 11.8 Å². The molecule has 0 aliphatic heterocycles. The summed E-state index contributed by atoms with van der Waals surface area (Å²) in [4.78, 5) is 1.42. The third-order valence-electron chi connectivity index (χ3n) is 4.22. The van der Waals surface area contributed by atoms with Gasteiger partial charge in [0.1, 0.15) is 0 Å². The lowest BCUT2D eigenvalue weighted by molar-refractivity contribution is 0.560. The molecule has 2 atom stereocenters. The van der Waals surface area contributed by atoms with E-state index in [1.807, 2.05) is 11.8 Å². The van der Waals surface area contributed by atoms with Crippen LogP contribution in [0.2, 0.25) is 0 Å². The van der Waals surface area contributed by atoms with Crippen LogP contribution in [0, 0.1) is 13.8 Å². The Morgan fingerprint density at radius 2 is 1.95 bits per heavy atom. The highest BCUT2D eigenvalue weighted by Crippen LogP contribution is 2.42. The zero-order valence-corrected chi connectivity index (χ0v) is 13.8. The Balaban J connectivity index is 1.85. The molecule has 0 heterocycles. The summed E-state index contributed by atoms with van der Waals surface area (Å²) in [6.07, 6.45) is 1.16. The van der Waals surface area contributed by atoms with Crippen molar-refractivity contribution in [1.82, 2.24) is 5.32 Å². The standard InChI is InChI=1S/C19H23NS/c1-4-20-19-16-8-6-5-7-15(16)12-18(19)21-17-10-9-13(2)11-14(17)3/h5-11,18-20H,4,12H2,1-3H3. The summed E-state index contributed by atoms with van der Waals surface area (Å²) in [5.41, 5.74) is 5.73. The van der Waals surface area contributed by atoms with E-state index in [-0.39, 0.29) is 0 Å². The van der Waals surface area contributed by atoms with E-state index in [0.717, 1.165) is 13.0 Å². The second-order valence-electron chi connectivity index (χ2n) is 5.86. The topological polar surface area (TPSA) is 12.0 Å². The highest BCUT2D eigenvalue weighted by molar-refractivity contribution is 8.00. The highest BCUT2D eigenvalue weighted by atomic mass is 32.2. The molecule has 0 radical (unpaired) electrons. The second kappa shape index (κ2) is 6.25. The van der Waals surface area contributed by atoms with Gasteiger partial charge in [-0.3, -0.25) is 0 Å². The Morgan fingerprint density at radius 1 is 1.14 bits per heavy atom. The van der Waals surface area contributed by atoms with Crippen LogP contribution in [0.25, 0.3) is 0 Å². The first-order valence-corrected chi connectivity index (χ1v) is 8.62. The van der Waals surface area contributed by atoms with Crippen LogP contribution < -0.4 is 5.32 Å². The van der Waals surface area contributed by atoms with Crippen molar-refractivity contribution in [2.45, 2.75) is 43.4 Å². The Hall–Kier alpha value is -1.25. The maximum Gasteiger partial charge on any atom is 0.0450 e. The van der Waals surface area contributed by atoms with Gasteiger partial charge in [0, 0.05) is 16.2 Å². The monoisotopic (exact) mass is 297 g/mol. The van der Waals surface area contributed by atoms with Gasteiger partial charge in [0.2, 0.25) is 0 Å². The summed E-state index contributed by atoms with van der Waals surface area (Å²) in [6.45, 7) is 7.59. The number of fused-ring (bicyclic) bond motifs is 1. The largest absolute Gasteiger partial charge is 0.309 e. The van der Waals surface area contributed by atoms with Crippen molar-refractivity contribution in [3.63, 3.8) is 0 Å². The van der Waals surface area contributed by atoms with Gasteiger partial charge in [-0.15, -0.1) is 11.8 Å². The van der Waals surface area contributed by atoms with Crippen molar-refractivity contribution >= 4 is 11.8 Å². The third-order valence-corrected chi connectivity index (χ3v) is 5.67. The molecule has 21 heavy (non-hydrogen) atoms. The van der Waals surface area contributed by atoms with Crippen molar-refractivity contribution in [1.29, 1.82) is 0 Å². The smallest absolute Gasteiger partial charge is 0.0450 e. The molecule has 2 unspecified atom stereocenters. The second-order valence-corrected chi connectivity index (χ2v) is 7.14. The maximum absolute atomic E-state index is 3.68. The first-order valence-electron chi connectivity index (χ1n) is 7.74. The van der Waals surface area contributed by atoms with Crippen molar-refractivity contribution in [2.75, 3.05) is 6.54 Å². The predicted molar refractivity (Wildman–Crippen MR) is 92.1 cm³/mol.